The second-order valence-electron chi connectivity index (χ2n) is 8.48. The van der Waals surface area contributed by atoms with Crippen LogP contribution in [0.25, 0.3) is 0 Å². The fraction of sp³-hybridized carbons (Fsp3) is 0.696. The maximum atomic E-state index is 13.1. The molecule has 0 saturated carbocycles. The van der Waals surface area contributed by atoms with Crippen LogP contribution in [0.2, 0.25) is 0 Å². The minimum Gasteiger partial charge on any atom is -0.379 e. The second kappa shape index (κ2) is 12.7. The number of urea groups is 1. The summed E-state index contributed by atoms with van der Waals surface area (Å²) in [6, 6.07) is 6.80. The van der Waals surface area contributed by atoms with E-state index in [1.165, 1.54) is 4.31 Å². The Bertz CT molecular complexity index is 850. The van der Waals surface area contributed by atoms with E-state index >= 15 is 0 Å². The summed E-state index contributed by atoms with van der Waals surface area (Å²) < 4.78 is 38.4. The Morgan fingerprint density at radius 2 is 1.58 bits per heavy atom. The van der Waals surface area contributed by atoms with Crippen molar-refractivity contribution in [3.63, 3.8) is 0 Å². The third-order valence-electron chi connectivity index (χ3n) is 6.58. The molecule has 2 fully saturated rings. The Balaban J connectivity index is 1.60. The van der Waals surface area contributed by atoms with Crippen molar-refractivity contribution in [3.05, 3.63) is 29.8 Å². The van der Waals surface area contributed by atoms with Crippen LogP contribution in [0.1, 0.15) is 32.3 Å². The number of nitrogens with zero attached hydrogens (tertiary/aromatic N) is 2. The van der Waals surface area contributed by atoms with Crippen LogP contribution in [-0.2, 0) is 26.0 Å². The molecule has 2 aliphatic rings. The highest BCUT2D eigenvalue weighted by molar-refractivity contribution is 7.89. The Morgan fingerprint density at radius 3 is 2.21 bits per heavy atom. The van der Waals surface area contributed by atoms with Crippen molar-refractivity contribution in [1.29, 1.82) is 0 Å². The quantitative estimate of drug-likeness (QED) is 0.526. The standard InChI is InChI=1S/C23H38N4O5S/c1-3-19(4-2)21(26-9-13-31-14-10-26)18-25-23(28)24-17-20-7-5-6-8-22(20)33(29,30)27-11-15-32-16-12-27/h5-8,19,21H,3-4,9-18H2,1-2H3,(H2,24,25,28)/t21-/m0/s1. The van der Waals surface area contributed by atoms with Crippen LogP contribution in [-0.4, -0.2) is 88.8 Å². The minimum absolute atomic E-state index is 0.138. The molecular formula is C23H38N4O5S. The number of rotatable bonds is 10. The van der Waals surface area contributed by atoms with Crippen LogP contribution in [0.15, 0.2) is 29.2 Å². The molecule has 0 unspecified atom stereocenters. The van der Waals surface area contributed by atoms with Gasteiger partial charge in [0.05, 0.1) is 31.3 Å². The van der Waals surface area contributed by atoms with E-state index < -0.39 is 10.0 Å². The van der Waals surface area contributed by atoms with Crippen LogP contribution in [0.5, 0.6) is 0 Å². The van der Waals surface area contributed by atoms with Crippen LogP contribution >= 0.6 is 0 Å². The monoisotopic (exact) mass is 482 g/mol. The van der Waals surface area contributed by atoms with E-state index in [1.807, 2.05) is 0 Å². The second-order valence-corrected chi connectivity index (χ2v) is 10.4. The van der Waals surface area contributed by atoms with Gasteiger partial charge in [-0.1, -0.05) is 44.9 Å². The average Bonchev–Trinajstić information content (AvgIpc) is 2.86. The molecule has 10 heteroatoms. The van der Waals surface area contributed by atoms with Crippen molar-refractivity contribution >= 4 is 16.1 Å². The maximum Gasteiger partial charge on any atom is 0.315 e. The maximum absolute atomic E-state index is 13.1. The molecule has 2 heterocycles. The van der Waals surface area contributed by atoms with Gasteiger partial charge in [0.1, 0.15) is 0 Å². The number of morpholine rings is 2. The molecule has 1 aromatic carbocycles. The van der Waals surface area contributed by atoms with Crippen LogP contribution in [0, 0.1) is 5.92 Å². The summed E-state index contributed by atoms with van der Waals surface area (Å²) in [5, 5.41) is 5.86. The lowest BCUT2D eigenvalue weighted by Gasteiger charge is -2.38. The summed E-state index contributed by atoms with van der Waals surface area (Å²) in [5.74, 6) is 0.489. The number of benzene rings is 1. The Morgan fingerprint density at radius 1 is 0.970 bits per heavy atom. The normalized spacial score (nSPS) is 19.4. The molecule has 33 heavy (non-hydrogen) atoms. The Hall–Kier alpha value is -1.72. The van der Waals surface area contributed by atoms with Crippen molar-refractivity contribution in [2.75, 3.05) is 59.2 Å². The molecule has 3 rings (SSSR count). The van der Waals surface area contributed by atoms with Gasteiger partial charge in [0.2, 0.25) is 10.0 Å². The molecule has 2 saturated heterocycles. The van der Waals surface area contributed by atoms with Crippen molar-refractivity contribution in [3.8, 4) is 0 Å². The molecule has 2 aliphatic heterocycles. The minimum atomic E-state index is -3.64. The third-order valence-corrected chi connectivity index (χ3v) is 8.58. The first kappa shape index (κ1) is 25.9. The molecule has 186 valence electrons. The van der Waals surface area contributed by atoms with Gasteiger partial charge in [-0.25, -0.2) is 13.2 Å². The molecule has 0 aromatic heterocycles. The summed E-state index contributed by atoms with van der Waals surface area (Å²) in [7, 11) is -3.64. The van der Waals surface area contributed by atoms with E-state index in [0.717, 1.165) is 39.1 Å². The summed E-state index contributed by atoms with van der Waals surface area (Å²) >= 11 is 0. The van der Waals surface area contributed by atoms with Crippen molar-refractivity contribution in [2.24, 2.45) is 5.92 Å². The molecule has 2 N–H and O–H groups in total. The van der Waals surface area contributed by atoms with Crippen LogP contribution in [0.4, 0.5) is 4.79 Å². The van der Waals surface area contributed by atoms with Gasteiger partial charge in [-0.3, -0.25) is 4.90 Å². The number of hydrogen-bond acceptors (Lipinski definition) is 6. The number of sulfonamides is 1. The largest absolute Gasteiger partial charge is 0.379 e. The van der Waals surface area contributed by atoms with Gasteiger partial charge in [0, 0.05) is 45.3 Å². The lowest BCUT2D eigenvalue weighted by Crippen LogP contribution is -2.53. The first-order valence-corrected chi connectivity index (χ1v) is 13.4. The zero-order chi connectivity index (χ0) is 23.7. The van der Waals surface area contributed by atoms with Gasteiger partial charge in [-0.2, -0.15) is 4.31 Å². The zero-order valence-corrected chi connectivity index (χ0v) is 20.6. The summed E-state index contributed by atoms with van der Waals surface area (Å²) in [6.07, 6.45) is 2.10. The van der Waals surface area contributed by atoms with Crippen molar-refractivity contribution < 1.29 is 22.7 Å². The SMILES string of the molecule is CCC(CC)[C@H](CNC(=O)NCc1ccccc1S(=O)(=O)N1CCOCC1)N1CCOCC1. The predicted molar refractivity (Wildman–Crippen MR) is 127 cm³/mol. The highest BCUT2D eigenvalue weighted by Crippen LogP contribution is 2.22. The fourth-order valence-electron chi connectivity index (χ4n) is 4.60. The number of nitrogens with one attached hydrogen (secondary N) is 2. The summed E-state index contributed by atoms with van der Waals surface area (Å²) in [4.78, 5) is 15.3. The number of carbonyl (C=O) groups excluding carboxylic acids is 1. The topological polar surface area (TPSA) is 100 Å². The van der Waals surface area contributed by atoms with E-state index in [-0.39, 0.29) is 23.5 Å². The third kappa shape index (κ3) is 6.89. The van der Waals surface area contributed by atoms with E-state index in [2.05, 4.69) is 29.4 Å². The molecule has 2 amide bonds. The number of hydrogen-bond donors (Lipinski definition) is 2. The zero-order valence-electron chi connectivity index (χ0n) is 19.8. The van der Waals surface area contributed by atoms with Gasteiger partial charge < -0.3 is 20.1 Å². The highest BCUT2D eigenvalue weighted by atomic mass is 32.2. The molecule has 0 spiro atoms. The summed E-state index contributed by atoms with van der Waals surface area (Å²) in [5.41, 5.74) is 0.573. The van der Waals surface area contributed by atoms with Crippen LogP contribution in [0.3, 0.4) is 0 Å². The average molecular weight is 483 g/mol. The lowest BCUT2D eigenvalue weighted by molar-refractivity contribution is 0.00237. The number of amides is 2. The van der Waals surface area contributed by atoms with E-state index in [1.54, 1.807) is 24.3 Å². The van der Waals surface area contributed by atoms with Gasteiger partial charge in [0.15, 0.2) is 0 Å². The van der Waals surface area contributed by atoms with Gasteiger partial charge in [0.25, 0.3) is 0 Å². The van der Waals surface area contributed by atoms with E-state index in [4.69, 9.17) is 9.47 Å². The van der Waals surface area contributed by atoms with E-state index in [0.29, 0.717) is 44.3 Å². The number of ether oxygens (including phenoxy) is 2. The van der Waals surface area contributed by atoms with Gasteiger partial charge in [-0.15, -0.1) is 0 Å². The highest BCUT2D eigenvalue weighted by Gasteiger charge is 2.29. The predicted octanol–water partition coefficient (Wildman–Crippen LogP) is 1.64. The van der Waals surface area contributed by atoms with E-state index in [9.17, 15) is 13.2 Å². The molecule has 1 atom stereocenters. The van der Waals surface area contributed by atoms with Crippen molar-refractivity contribution in [2.45, 2.75) is 44.2 Å². The molecule has 0 bridgehead atoms. The fourth-order valence-corrected chi connectivity index (χ4v) is 6.23. The lowest BCUT2D eigenvalue weighted by atomic mass is 9.92. The number of carbonyl (C=O) groups is 1. The van der Waals surface area contributed by atoms with Crippen LogP contribution < -0.4 is 10.6 Å². The molecule has 0 aliphatic carbocycles. The van der Waals surface area contributed by atoms with Gasteiger partial charge >= 0.3 is 6.03 Å². The molecule has 1 aromatic rings. The molecule has 0 radical (unpaired) electrons. The molecule has 9 nitrogen and oxygen atoms in total. The van der Waals surface area contributed by atoms with Gasteiger partial charge in [-0.05, 0) is 17.5 Å². The Labute approximate surface area is 197 Å². The first-order valence-electron chi connectivity index (χ1n) is 12.0. The Kier molecular flexibility index (Phi) is 9.94. The van der Waals surface area contributed by atoms with Crippen molar-refractivity contribution in [1.82, 2.24) is 19.8 Å². The first-order chi connectivity index (χ1) is 16.0. The summed E-state index contributed by atoms with van der Waals surface area (Å²) in [6.45, 7) is 9.70. The molecular weight excluding hydrogens is 444 g/mol. The smallest absolute Gasteiger partial charge is 0.315 e.